The third-order valence-electron chi connectivity index (χ3n) is 3.31. The second-order valence-corrected chi connectivity index (χ2v) is 5.76. The van der Waals surface area contributed by atoms with Crippen LogP contribution in [0.4, 0.5) is 10.1 Å². The molecular weight excluding hydrogens is 349 g/mol. The Bertz CT molecular complexity index is 764. The Balaban J connectivity index is 1.84. The molecule has 132 valence electrons. The molecular formula is C18H17ClFNO4. The predicted molar refractivity (Wildman–Crippen MR) is 92.3 cm³/mol. The van der Waals surface area contributed by atoms with Crippen LogP contribution in [0, 0.1) is 12.7 Å². The lowest BCUT2D eigenvalue weighted by Crippen LogP contribution is -2.31. The van der Waals surface area contributed by atoms with Crippen LogP contribution < -0.4 is 10.1 Å². The highest BCUT2D eigenvalue weighted by Crippen LogP contribution is 2.20. The van der Waals surface area contributed by atoms with Gasteiger partial charge in [0.1, 0.15) is 11.6 Å². The van der Waals surface area contributed by atoms with Crippen molar-refractivity contribution >= 4 is 29.2 Å². The minimum absolute atomic E-state index is 0.324. The van der Waals surface area contributed by atoms with E-state index in [1.54, 1.807) is 18.2 Å². The summed E-state index contributed by atoms with van der Waals surface area (Å²) in [5, 5.41) is 3.14. The van der Waals surface area contributed by atoms with E-state index in [0.717, 1.165) is 5.56 Å². The Kier molecular flexibility index (Phi) is 6.36. The van der Waals surface area contributed by atoms with Gasteiger partial charge < -0.3 is 14.8 Å². The van der Waals surface area contributed by atoms with Gasteiger partial charge in [-0.05, 0) is 55.8 Å². The van der Waals surface area contributed by atoms with Crippen molar-refractivity contribution in [3.63, 3.8) is 0 Å². The minimum Gasteiger partial charge on any atom is -0.482 e. The van der Waals surface area contributed by atoms with Gasteiger partial charge in [-0.25, -0.2) is 9.18 Å². The molecule has 0 saturated carbocycles. The van der Waals surface area contributed by atoms with Gasteiger partial charge in [-0.2, -0.15) is 0 Å². The second kappa shape index (κ2) is 8.48. The van der Waals surface area contributed by atoms with E-state index in [0.29, 0.717) is 16.5 Å². The molecule has 1 atom stereocenters. The molecule has 0 radical (unpaired) electrons. The van der Waals surface area contributed by atoms with Crippen LogP contribution in [0.25, 0.3) is 0 Å². The molecule has 0 aliphatic rings. The highest BCUT2D eigenvalue weighted by Gasteiger charge is 2.19. The van der Waals surface area contributed by atoms with Crippen LogP contribution in [-0.4, -0.2) is 24.6 Å². The number of aryl methyl sites for hydroxylation is 1. The van der Waals surface area contributed by atoms with Gasteiger partial charge in [0.05, 0.1) is 0 Å². The molecule has 0 bridgehead atoms. The third kappa shape index (κ3) is 5.76. The molecule has 0 spiro atoms. The van der Waals surface area contributed by atoms with Crippen molar-refractivity contribution in [3.05, 3.63) is 58.9 Å². The van der Waals surface area contributed by atoms with Crippen LogP contribution in [-0.2, 0) is 14.3 Å². The monoisotopic (exact) mass is 365 g/mol. The molecule has 0 unspecified atom stereocenters. The molecule has 7 heteroatoms. The maximum atomic E-state index is 12.8. The largest absolute Gasteiger partial charge is 0.482 e. The fourth-order valence-electron chi connectivity index (χ4n) is 1.92. The molecule has 0 fully saturated rings. The SMILES string of the molecule is Cc1ccc(Cl)cc1NC(=O)[C@H](C)OC(=O)COc1ccc(F)cc1. The number of ether oxygens (including phenoxy) is 2. The summed E-state index contributed by atoms with van der Waals surface area (Å²) >= 11 is 5.90. The van der Waals surface area contributed by atoms with Gasteiger partial charge in [-0.15, -0.1) is 0 Å². The lowest BCUT2D eigenvalue weighted by Gasteiger charge is -2.15. The summed E-state index contributed by atoms with van der Waals surface area (Å²) in [6.45, 7) is 2.88. The maximum Gasteiger partial charge on any atom is 0.344 e. The van der Waals surface area contributed by atoms with Crippen LogP contribution in [0.3, 0.4) is 0 Å². The Hall–Kier alpha value is -2.60. The Morgan fingerprint density at radius 3 is 2.56 bits per heavy atom. The maximum absolute atomic E-state index is 12.8. The summed E-state index contributed by atoms with van der Waals surface area (Å²) in [6.07, 6.45) is -1.01. The molecule has 1 N–H and O–H groups in total. The zero-order valence-electron chi connectivity index (χ0n) is 13.7. The van der Waals surface area contributed by atoms with Crippen LogP contribution in [0.2, 0.25) is 5.02 Å². The van der Waals surface area contributed by atoms with Crippen LogP contribution >= 0.6 is 11.6 Å². The predicted octanol–water partition coefficient (Wildman–Crippen LogP) is 3.74. The number of carbonyl (C=O) groups is 2. The topological polar surface area (TPSA) is 64.6 Å². The number of carbonyl (C=O) groups excluding carboxylic acids is 2. The summed E-state index contributed by atoms with van der Waals surface area (Å²) in [4.78, 5) is 23.9. The number of hydrogen-bond donors (Lipinski definition) is 1. The summed E-state index contributed by atoms with van der Waals surface area (Å²) < 4.78 is 23.0. The zero-order valence-corrected chi connectivity index (χ0v) is 14.5. The number of halogens is 2. The van der Waals surface area contributed by atoms with Crippen LogP contribution in [0.1, 0.15) is 12.5 Å². The third-order valence-corrected chi connectivity index (χ3v) is 3.54. The first kappa shape index (κ1) is 18.7. The van der Waals surface area contributed by atoms with Gasteiger partial charge in [-0.1, -0.05) is 17.7 Å². The number of hydrogen-bond acceptors (Lipinski definition) is 4. The normalized spacial score (nSPS) is 11.5. The minimum atomic E-state index is -1.01. The molecule has 2 rings (SSSR count). The van der Waals surface area contributed by atoms with E-state index in [-0.39, 0.29) is 6.61 Å². The van der Waals surface area contributed by atoms with Gasteiger partial charge in [0, 0.05) is 10.7 Å². The zero-order chi connectivity index (χ0) is 18.4. The van der Waals surface area contributed by atoms with Crippen molar-refractivity contribution in [3.8, 4) is 5.75 Å². The standard InChI is InChI=1S/C18H17ClFNO4/c1-11-3-4-13(19)9-16(11)21-18(23)12(2)25-17(22)10-24-15-7-5-14(20)6-8-15/h3-9,12H,10H2,1-2H3,(H,21,23)/t12-/m0/s1. The molecule has 0 aliphatic carbocycles. The van der Waals surface area contributed by atoms with E-state index in [2.05, 4.69) is 5.32 Å². The number of anilines is 1. The van der Waals surface area contributed by atoms with Gasteiger partial charge in [0.2, 0.25) is 0 Å². The second-order valence-electron chi connectivity index (χ2n) is 5.32. The van der Waals surface area contributed by atoms with E-state index in [1.165, 1.54) is 31.2 Å². The van der Waals surface area contributed by atoms with E-state index in [4.69, 9.17) is 21.1 Å². The van der Waals surface area contributed by atoms with Crippen molar-refractivity contribution in [1.29, 1.82) is 0 Å². The van der Waals surface area contributed by atoms with E-state index in [9.17, 15) is 14.0 Å². The van der Waals surface area contributed by atoms with Crippen molar-refractivity contribution in [1.82, 2.24) is 0 Å². The molecule has 2 aromatic carbocycles. The number of nitrogens with one attached hydrogen (secondary N) is 1. The first-order valence-electron chi connectivity index (χ1n) is 7.50. The van der Waals surface area contributed by atoms with Gasteiger partial charge in [0.25, 0.3) is 5.91 Å². The van der Waals surface area contributed by atoms with Crippen molar-refractivity contribution in [2.24, 2.45) is 0 Å². The average molecular weight is 366 g/mol. The molecule has 0 saturated heterocycles. The molecule has 25 heavy (non-hydrogen) atoms. The molecule has 5 nitrogen and oxygen atoms in total. The lowest BCUT2D eigenvalue weighted by molar-refractivity contribution is -0.155. The smallest absolute Gasteiger partial charge is 0.344 e. The first-order valence-corrected chi connectivity index (χ1v) is 7.88. The van der Waals surface area contributed by atoms with Crippen molar-refractivity contribution < 1.29 is 23.5 Å². The van der Waals surface area contributed by atoms with Gasteiger partial charge in [-0.3, -0.25) is 4.79 Å². The Morgan fingerprint density at radius 1 is 1.20 bits per heavy atom. The van der Waals surface area contributed by atoms with Gasteiger partial charge >= 0.3 is 5.97 Å². The quantitative estimate of drug-likeness (QED) is 0.792. The lowest BCUT2D eigenvalue weighted by atomic mass is 10.2. The number of rotatable bonds is 6. The van der Waals surface area contributed by atoms with Crippen molar-refractivity contribution in [2.75, 3.05) is 11.9 Å². The van der Waals surface area contributed by atoms with E-state index >= 15 is 0 Å². The fraction of sp³-hybridized carbons (Fsp3) is 0.222. The Labute approximate surface area is 149 Å². The first-order chi connectivity index (χ1) is 11.8. The average Bonchev–Trinajstić information content (AvgIpc) is 2.57. The number of esters is 1. The number of benzene rings is 2. The molecule has 0 aromatic heterocycles. The van der Waals surface area contributed by atoms with Crippen molar-refractivity contribution in [2.45, 2.75) is 20.0 Å². The fourth-order valence-corrected chi connectivity index (χ4v) is 2.09. The van der Waals surface area contributed by atoms with E-state index in [1.807, 2.05) is 6.92 Å². The van der Waals surface area contributed by atoms with E-state index < -0.39 is 23.8 Å². The summed E-state index contributed by atoms with van der Waals surface area (Å²) in [5.41, 5.74) is 1.37. The highest BCUT2D eigenvalue weighted by atomic mass is 35.5. The highest BCUT2D eigenvalue weighted by molar-refractivity contribution is 6.31. The Morgan fingerprint density at radius 2 is 1.88 bits per heavy atom. The van der Waals surface area contributed by atoms with Crippen LogP contribution in [0.15, 0.2) is 42.5 Å². The summed E-state index contributed by atoms with van der Waals surface area (Å²) in [6, 6.07) is 10.3. The molecule has 2 aromatic rings. The molecule has 0 aliphatic heterocycles. The molecule has 1 amide bonds. The number of amides is 1. The molecule has 0 heterocycles. The van der Waals surface area contributed by atoms with Gasteiger partial charge in [0.15, 0.2) is 12.7 Å². The van der Waals surface area contributed by atoms with Crippen LogP contribution in [0.5, 0.6) is 5.75 Å². The summed E-state index contributed by atoms with van der Waals surface area (Å²) in [5.74, 6) is -1.28. The summed E-state index contributed by atoms with van der Waals surface area (Å²) in [7, 11) is 0.